The topological polar surface area (TPSA) is 58.1 Å². The lowest BCUT2D eigenvalue weighted by Crippen LogP contribution is -2.39. The van der Waals surface area contributed by atoms with Gasteiger partial charge in [-0.25, -0.2) is 0 Å². The van der Waals surface area contributed by atoms with E-state index in [-0.39, 0.29) is 0 Å². The smallest absolute Gasteiger partial charge is 0.195 e. The minimum atomic E-state index is 0.579. The van der Waals surface area contributed by atoms with Crippen molar-refractivity contribution in [3.8, 4) is 11.5 Å². The van der Waals surface area contributed by atoms with Crippen molar-refractivity contribution in [1.82, 2.24) is 10.2 Å². The zero-order valence-electron chi connectivity index (χ0n) is 16.1. The average Bonchev–Trinajstić information content (AvgIpc) is 2.91. The summed E-state index contributed by atoms with van der Waals surface area (Å²) in [5.41, 5.74) is 0.950. The molecule has 1 aromatic rings. The summed E-state index contributed by atoms with van der Waals surface area (Å²) >= 11 is 0. The molecular formula is C20H32N4O2. The zero-order valence-corrected chi connectivity index (χ0v) is 16.1. The van der Waals surface area contributed by atoms with Crippen LogP contribution in [-0.4, -0.2) is 57.3 Å². The van der Waals surface area contributed by atoms with Crippen LogP contribution in [0, 0.1) is 5.92 Å². The lowest BCUT2D eigenvalue weighted by atomic mass is 10.1. The van der Waals surface area contributed by atoms with Crippen LogP contribution in [0.5, 0.6) is 11.5 Å². The number of nitrogens with one attached hydrogen (secondary N) is 2. The number of hydrogen-bond donors (Lipinski definition) is 2. The molecule has 2 aliphatic rings. The Bertz CT molecular complexity index is 599. The van der Waals surface area contributed by atoms with Crippen molar-refractivity contribution in [3.05, 3.63) is 18.2 Å². The fraction of sp³-hybridized carbons (Fsp3) is 0.650. The van der Waals surface area contributed by atoms with Gasteiger partial charge in [0.25, 0.3) is 0 Å². The number of aliphatic imine (C=N–C) groups is 1. The van der Waals surface area contributed by atoms with E-state index in [2.05, 4.69) is 27.4 Å². The number of ether oxygens (including phenoxy) is 2. The molecule has 0 saturated carbocycles. The van der Waals surface area contributed by atoms with Crippen LogP contribution < -0.4 is 20.1 Å². The molecule has 0 aliphatic carbocycles. The van der Waals surface area contributed by atoms with E-state index in [4.69, 9.17) is 9.47 Å². The lowest BCUT2D eigenvalue weighted by Gasteiger charge is -2.29. The second-order valence-corrected chi connectivity index (χ2v) is 7.26. The first kappa shape index (κ1) is 18.8. The number of anilines is 1. The molecule has 1 fully saturated rings. The molecule has 0 bridgehead atoms. The fourth-order valence-corrected chi connectivity index (χ4v) is 3.48. The van der Waals surface area contributed by atoms with Gasteiger partial charge in [0.15, 0.2) is 17.5 Å². The highest BCUT2D eigenvalue weighted by Gasteiger charge is 2.14. The summed E-state index contributed by atoms with van der Waals surface area (Å²) in [6.07, 6.45) is 4.98. The SMILES string of the molecule is CN=C(NCC(C)CN1CCCCC1)Nc1ccc2c(c1)OCCCO2. The maximum atomic E-state index is 5.76. The molecule has 2 aliphatic heterocycles. The van der Waals surface area contributed by atoms with Crippen LogP contribution in [-0.2, 0) is 0 Å². The molecule has 144 valence electrons. The van der Waals surface area contributed by atoms with E-state index in [1.165, 1.54) is 32.4 Å². The maximum absolute atomic E-state index is 5.76. The molecule has 6 nitrogen and oxygen atoms in total. The predicted octanol–water partition coefficient (Wildman–Crippen LogP) is 2.96. The standard InChI is InChI=1S/C20H32N4O2/c1-16(15-24-9-4-3-5-10-24)14-22-20(21-2)23-17-7-8-18-19(13-17)26-12-6-11-25-18/h7-8,13,16H,3-6,9-12,14-15H2,1-2H3,(H2,21,22,23). The van der Waals surface area contributed by atoms with E-state index in [0.717, 1.165) is 42.7 Å². The van der Waals surface area contributed by atoms with Gasteiger partial charge in [0.2, 0.25) is 0 Å². The predicted molar refractivity (Wildman–Crippen MR) is 106 cm³/mol. The summed E-state index contributed by atoms with van der Waals surface area (Å²) in [5.74, 6) is 2.97. The van der Waals surface area contributed by atoms with Gasteiger partial charge in [0, 0.05) is 38.3 Å². The van der Waals surface area contributed by atoms with E-state index in [1.54, 1.807) is 7.05 Å². The number of likely N-dealkylation sites (tertiary alicyclic amines) is 1. The summed E-state index contributed by atoms with van der Waals surface area (Å²) in [7, 11) is 1.80. The molecule has 0 amide bonds. The third-order valence-corrected chi connectivity index (χ3v) is 4.87. The maximum Gasteiger partial charge on any atom is 0.195 e. The summed E-state index contributed by atoms with van der Waals surface area (Å²) < 4.78 is 11.4. The third-order valence-electron chi connectivity index (χ3n) is 4.87. The molecule has 1 unspecified atom stereocenters. The van der Waals surface area contributed by atoms with Crippen molar-refractivity contribution in [3.63, 3.8) is 0 Å². The number of nitrogens with zero attached hydrogens (tertiary/aromatic N) is 2. The molecule has 1 atom stereocenters. The molecule has 2 heterocycles. The fourth-order valence-electron chi connectivity index (χ4n) is 3.48. The molecule has 0 spiro atoms. The molecule has 26 heavy (non-hydrogen) atoms. The first-order valence-electron chi connectivity index (χ1n) is 9.84. The minimum absolute atomic E-state index is 0.579. The second kappa shape index (κ2) is 9.67. The molecular weight excluding hydrogens is 328 g/mol. The summed E-state index contributed by atoms with van der Waals surface area (Å²) in [5, 5.41) is 6.79. The largest absolute Gasteiger partial charge is 0.490 e. The van der Waals surface area contributed by atoms with Gasteiger partial charge in [-0.1, -0.05) is 13.3 Å². The highest BCUT2D eigenvalue weighted by molar-refractivity contribution is 5.93. The van der Waals surface area contributed by atoms with Gasteiger partial charge < -0.3 is 25.0 Å². The first-order valence-corrected chi connectivity index (χ1v) is 9.84. The van der Waals surface area contributed by atoms with Crippen LogP contribution in [0.1, 0.15) is 32.6 Å². The second-order valence-electron chi connectivity index (χ2n) is 7.26. The van der Waals surface area contributed by atoms with Gasteiger partial charge >= 0.3 is 0 Å². The molecule has 1 aromatic carbocycles. The zero-order chi connectivity index (χ0) is 18.2. The Kier molecular flexibility index (Phi) is 7.00. The Morgan fingerprint density at radius 1 is 1.12 bits per heavy atom. The molecule has 0 radical (unpaired) electrons. The Morgan fingerprint density at radius 2 is 1.88 bits per heavy atom. The van der Waals surface area contributed by atoms with Crippen molar-refractivity contribution in [2.45, 2.75) is 32.6 Å². The highest BCUT2D eigenvalue weighted by atomic mass is 16.5. The van der Waals surface area contributed by atoms with E-state index in [1.807, 2.05) is 18.2 Å². The normalized spacial score (nSPS) is 19.5. The van der Waals surface area contributed by atoms with Crippen molar-refractivity contribution >= 4 is 11.6 Å². The van der Waals surface area contributed by atoms with E-state index >= 15 is 0 Å². The first-order chi connectivity index (χ1) is 12.7. The van der Waals surface area contributed by atoms with Crippen molar-refractivity contribution < 1.29 is 9.47 Å². The number of fused-ring (bicyclic) bond motifs is 1. The van der Waals surface area contributed by atoms with Crippen LogP contribution >= 0.6 is 0 Å². The minimum Gasteiger partial charge on any atom is -0.490 e. The molecule has 6 heteroatoms. The number of guanidine groups is 1. The molecule has 0 aromatic heterocycles. The summed E-state index contributed by atoms with van der Waals surface area (Å²) in [6, 6.07) is 5.93. The summed E-state index contributed by atoms with van der Waals surface area (Å²) in [4.78, 5) is 6.92. The van der Waals surface area contributed by atoms with Gasteiger partial charge in [0.1, 0.15) is 0 Å². The van der Waals surface area contributed by atoms with Gasteiger partial charge in [-0.3, -0.25) is 4.99 Å². The van der Waals surface area contributed by atoms with E-state index < -0.39 is 0 Å². The number of hydrogen-bond acceptors (Lipinski definition) is 4. The van der Waals surface area contributed by atoms with Crippen molar-refractivity contribution in [2.75, 3.05) is 51.8 Å². The van der Waals surface area contributed by atoms with Crippen LogP contribution in [0.25, 0.3) is 0 Å². The molecule has 2 N–H and O–H groups in total. The van der Waals surface area contributed by atoms with Gasteiger partial charge in [-0.2, -0.15) is 0 Å². The quantitative estimate of drug-likeness (QED) is 0.624. The Morgan fingerprint density at radius 3 is 2.65 bits per heavy atom. The monoisotopic (exact) mass is 360 g/mol. The van der Waals surface area contributed by atoms with Gasteiger partial charge in [-0.15, -0.1) is 0 Å². The van der Waals surface area contributed by atoms with Crippen LogP contribution in [0.4, 0.5) is 5.69 Å². The van der Waals surface area contributed by atoms with Crippen molar-refractivity contribution in [2.24, 2.45) is 10.9 Å². The van der Waals surface area contributed by atoms with Crippen LogP contribution in [0.15, 0.2) is 23.2 Å². The number of piperidine rings is 1. The lowest BCUT2D eigenvalue weighted by molar-refractivity contribution is 0.201. The van der Waals surface area contributed by atoms with E-state index in [9.17, 15) is 0 Å². The Hall–Kier alpha value is -1.95. The highest BCUT2D eigenvalue weighted by Crippen LogP contribution is 2.32. The summed E-state index contributed by atoms with van der Waals surface area (Å²) in [6.45, 7) is 8.23. The van der Waals surface area contributed by atoms with Gasteiger partial charge in [0.05, 0.1) is 13.2 Å². The Labute approximate surface area is 157 Å². The molecule has 1 saturated heterocycles. The van der Waals surface area contributed by atoms with Crippen molar-refractivity contribution in [1.29, 1.82) is 0 Å². The van der Waals surface area contributed by atoms with Crippen LogP contribution in [0.2, 0.25) is 0 Å². The van der Waals surface area contributed by atoms with Crippen LogP contribution in [0.3, 0.4) is 0 Å². The van der Waals surface area contributed by atoms with Gasteiger partial charge in [-0.05, 0) is 44.0 Å². The molecule has 3 rings (SSSR count). The van der Waals surface area contributed by atoms with E-state index in [0.29, 0.717) is 19.1 Å². The number of rotatable bonds is 5. The Balaban J connectivity index is 1.49. The number of benzene rings is 1. The average molecular weight is 361 g/mol. The third kappa shape index (κ3) is 5.53.